The van der Waals surface area contributed by atoms with Crippen LogP contribution in [-0.4, -0.2) is 16.3 Å². The summed E-state index contributed by atoms with van der Waals surface area (Å²) in [7, 11) is 0. The summed E-state index contributed by atoms with van der Waals surface area (Å²) < 4.78 is 16.7. The summed E-state index contributed by atoms with van der Waals surface area (Å²) in [5.41, 5.74) is 3.15. The summed E-state index contributed by atoms with van der Waals surface area (Å²) in [5.74, 6) is 0. The topological polar surface area (TPSA) is 29.9 Å². The molecule has 1 aliphatic heterocycles. The number of nitrogens with one attached hydrogen (secondary N) is 1. The predicted molar refractivity (Wildman–Crippen MR) is 79.2 cm³/mol. The molecule has 1 aromatic heterocycles. The number of hydrogen-bond donors (Lipinski definition) is 1. The first-order valence-electron chi connectivity index (χ1n) is 6.82. The van der Waals surface area contributed by atoms with Gasteiger partial charge in [0.25, 0.3) is 0 Å². The van der Waals surface area contributed by atoms with Gasteiger partial charge in [-0.1, -0.05) is 29.8 Å². The molecule has 106 valence electrons. The van der Waals surface area contributed by atoms with Crippen LogP contribution in [0.1, 0.15) is 42.9 Å². The minimum atomic E-state index is -1.27. The molecule has 0 spiro atoms. The third kappa shape index (κ3) is 2.08. The molecule has 1 aromatic carbocycles. The molecule has 0 amide bonds. The van der Waals surface area contributed by atoms with Crippen LogP contribution >= 0.6 is 11.6 Å². The zero-order chi connectivity index (χ0) is 14.3. The van der Waals surface area contributed by atoms with Gasteiger partial charge < -0.3 is 5.32 Å². The molecule has 0 radical (unpaired) electrons. The second-order valence-electron chi connectivity index (χ2n) is 5.34. The number of nitrogens with zero attached hydrogens (tertiary/aromatic N) is 2. The maximum atomic E-state index is 15.1. The fraction of sp³-hybridized carbons (Fsp3) is 0.400. The van der Waals surface area contributed by atoms with Crippen molar-refractivity contribution in [3.05, 3.63) is 46.2 Å². The Morgan fingerprint density at radius 1 is 1.40 bits per heavy atom. The average molecular weight is 294 g/mol. The van der Waals surface area contributed by atoms with Crippen LogP contribution in [0.3, 0.4) is 0 Å². The Balaban J connectivity index is 2.08. The molecule has 20 heavy (non-hydrogen) atoms. The highest BCUT2D eigenvalue weighted by Gasteiger charge is 2.27. The van der Waals surface area contributed by atoms with Crippen LogP contribution in [-0.2, 0) is 6.42 Å². The Kier molecular flexibility index (Phi) is 3.42. The molecule has 0 fully saturated rings. The number of aromatic nitrogens is 2. The largest absolute Gasteiger partial charge is 0.384 e. The number of hydrogen-bond acceptors (Lipinski definition) is 2. The Morgan fingerprint density at radius 2 is 2.20 bits per heavy atom. The zero-order valence-electron chi connectivity index (χ0n) is 11.5. The Morgan fingerprint density at radius 3 is 2.95 bits per heavy atom. The lowest BCUT2D eigenvalue weighted by molar-refractivity contribution is 0.362. The van der Waals surface area contributed by atoms with Crippen molar-refractivity contribution in [3.8, 4) is 0 Å². The minimum Gasteiger partial charge on any atom is -0.384 e. The van der Waals surface area contributed by atoms with E-state index < -0.39 is 6.17 Å². The van der Waals surface area contributed by atoms with Crippen LogP contribution in [0.4, 0.5) is 10.1 Å². The highest BCUT2D eigenvalue weighted by atomic mass is 35.5. The van der Waals surface area contributed by atoms with Crippen molar-refractivity contribution in [1.29, 1.82) is 0 Å². The summed E-state index contributed by atoms with van der Waals surface area (Å²) >= 11 is 6.14. The van der Waals surface area contributed by atoms with E-state index in [-0.39, 0.29) is 6.04 Å². The van der Waals surface area contributed by atoms with Crippen LogP contribution < -0.4 is 5.32 Å². The van der Waals surface area contributed by atoms with E-state index in [0.29, 0.717) is 16.3 Å². The number of fused-ring (bicyclic) bond motifs is 1. The summed E-state index contributed by atoms with van der Waals surface area (Å²) in [6.45, 7) is 4.79. The van der Waals surface area contributed by atoms with Gasteiger partial charge in [-0.25, -0.2) is 4.39 Å². The molecule has 0 aliphatic carbocycles. The highest BCUT2D eigenvalue weighted by molar-refractivity contribution is 6.31. The molecule has 1 atom stereocenters. The fourth-order valence-electron chi connectivity index (χ4n) is 2.72. The first-order valence-corrected chi connectivity index (χ1v) is 7.20. The van der Waals surface area contributed by atoms with Gasteiger partial charge in [0, 0.05) is 23.8 Å². The Bertz CT molecular complexity index is 636. The number of alkyl halides is 1. The lowest BCUT2D eigenvalue weighted by atomic mass is 10.0. The molecule has 3 nitrogen and oxygen atoms in total. The van der Waals surface area contributed by atoms with Crippen molar-refractivity contribution in [2.75, 3.05) is 11.9 Å². The molecule has 2 heterocycles. The average Bonchev–Trinajstić information content (AvgIpc) is 3.03. The molecule has 2 aromatic rings. The minimum absolute atomic E-state index is 0.0699. The van der Waals surface area contributed by atoms with Gasteiger partial charge in [0.15, 0.2) is 6.17 Å². The molecular formula is C15H17ClFN3. The standard InChI is InChI=1S/C15H17ClFN3/c1-9(2)20-15(12(16)8-19-20)13(17)11-5-3-4-10-6-7-18-14(10)11/h3-5,8-9,13,18H,6-7H2,1-2H3. The molecule has 1 unspecified atom stereocenters. The first kappa shape index (κ1) is 13.4. The molecular weight excluding hydrogens is 277 g/mol. The summed E-state index contributed by atoms with van der Waals surface area (Å²) in [5, 5.41) is 7.82. The van der Waals surface area contributed by atoms with E-state index in [2.05, 4.69) is 10.4 Å². The summed E-state index contributed by atoms with van der Waals surface area (Å²) in [6, 6.07) is 5.82. The highest BCUT2D eigenvalue weighted by Crippen LogP contribution is 2.39. The summed E-state index contributed by atoms with van der Waals surface area (Å²) in [4.78, 5) is 0. The number of para-hydroxylation sites is 1. The smallest absolute Gasteiger partial charge is 0.170 e. The van der Waals surface area contributed by atoms with Crippen LogP contribution in [0, 0.1) is 0 Å². The van der Waals surface area contributed by atoms with Crippen LogP contribution in [0.5, 0.6) is 0 Å². The molecule has 0 saturated heterocycles. The van der Waals surface area contributed by atoms with Crippen molar-refractivity contribution < 1.29 is 4.39 Å². The van der Waals surface area contributed by atoms with Crippen LogP contribution in [0.2, 0.25) is 5.02 Å². The molecule has 1 aliphatic rings. The molecule has 3 rings (SSSR count). The number of halogens is 2. The molecule has 5 heteroatoms. The van der Waals surface area contributed by atoms with Crippen molar-refractivity contribution in [1.82, 2.24) is 9.78 Å². The third-order valence-electron chi connectivity index (χ3n) is 3.67. The maximum Gasteiger partial charge on any atom is 0.170 e. The zero-order valence-corrected chi connectivity index (χ0v) is 12.3. The maximum absolute atomic E-state index is 15.1. The van der Waals surface area contributed by atoms with E-state index in [4.69, 9.17) is 11.6 Å². The van der Waals surface area contributed by atoms with Gasteiger partial charge in [-0.2, -0.15) is 5.10 Å². The second kappa shape index (κ2) is 5.09. The van der Waals surface area contributed by atoms with Gasteiger partial charge in [-0.05, 0) is 25.8 Å². The molecule has 0 saturated carbocycles. The SMILES string of the molecule is CC(C)n1ncc(Cl)c1C(F)c1cccc2c1NCC2. The molecule has 0 bridgehead atoms. The van der Waals surface area contributed by atoms with Crippen molar-refractivity contribution >= 4 is 17.3 Å². The monoisotopic (exact) mass is 293 g/mol. The molecule has 1 N–H and O–H groups in total. The Hall–Kier alpha value is -1.55. The van der Waals surface area contributed by atoms with E-state index in [1.165, 1.54) is 6.20 Å². The van der Waals surface area contributed by atoms with E-state index in [1.54, 1.807) is 4.68 Å². The normalized spacial score (nSPS) is 15.2. The Labute approximate surface area is 122 Å². The second-order valence-corrected chi connectivity index (χ2v) is 5.74. The number of anilines is 1. The van der Waals surface area contributed by atoms with Gasteiger partial charge >= 0.3 is 0 Å². The first-order chi connectivity index (χ1) is 9.59. The quantitative estimate of drug-likeness (QED) is 0.921. The van der Waals surface area contributed by atoms with Gasteiger partial charge in [0.1, 0.15) is 0 Å². The van der Waals surface area contributed by atoms with Gasteiger partial charge in [-0.15, -0.1) is 0 Å². The van der Waals surface area contributed by atoms with E-state index in [1.807, 2.05) is 32.0 Å². The van der Waals surface area contributed by atoms with Crippen LogP contribution in [0.15, 0.2) is 24.4 Å². The van der Waals surface area contributed by atoms with Crippen molar-refractivity contribution in [2.24, 2.45) is 0 Å². The van der Waals surface area contributed by atoms with Crippen LogP contribution in [0.25, 0.3) is 0 Å². The number of rotatable bonds is 3. The van der Waals surface area contributed by atoms with Gasteiger partial charge in [-0.3, -0.25) is 4.68 Å². The van der Waals surface area contributed by atoms with Gasteiger partial charge in [0.2, 0.25) is 0 Å². The number of benzene rings is 1. The van der Waals surface area contributed by atoms with Gasteiger partial charge in [0.05, 0.1) is 16.9 Å². The lowest BCUT2D eigenvalue weighted by Crippen LogP contribution is -2.11. The van der Waals surface area contributed by atoms with E-state index >= 15 is 4.39 Å². The van der Waals surface area contributed by atoms with E-state index in [0.717, 1.165) is 24.2 Å². The third-order valence-corrected chi connectivity index (χ3v) is 3.96. The predicted octanol–water partition coefficient (Wildman–Crippen LogP) is 4.14. The lowest BCUT2D eigenvalue weighted by Gasteiger charge is -2.17. The van der Waals surface area contributed by atoms with Crippen molar-refractivity contribution in [3.63, 3.8) is 0 Å². The fourth-order valence-corrected chi connectivity index (χ4v) is 2.95. The summed E-state index contributed by atoms with van der Waals surface area (Å²) in [6.07, 6.45) is 1.18. The van der Waals surface area contributed by atoms with Crippen molar-refractivity contribution in [2.45, 2.75) is 32.5 Å². The van der Waals surface area contributed by atoms with E-state index in [9.17, 15) is 0 Å².